The number of hydrogen-bond donors (Lipinski definition) is 2. The second-order valence-corrected chi connectivity index (χ2v) is 6.16. The third-order valence-corrected chi connectivity index (χ3v) is 2.75. The molecule has 0 heterocycles. The summed E-state index contributed by atoms with van der Waals surface area (Å²) in [6, 6.07) is 0. The van der Waals surface area contributed by atoms with E-state index in [0.29, 0.717) is 6.54 Å². The lowest BCUT2D eigenvalue weighted by Gasteiger charge is -2.28. The van der Waals surface area contributed by atoms with Crippen LogP contribution in [0.5, 0.6) is 0 Å². The van der Waals surface area contributed by atoms with E-state index in [9.17, 15) is 27.6 Å². The molecule has 0 rings (SSSR count). The Bertz CT molecular complexity index is 453. The molecule has 24 heavy (non-hydrogen) atoms. The fourth-order valence-corrected chi connectivity index (χ4v) is 1.85. The fourth-order valence-electron chi connectivity index (χ4n) is 1.85. The second kappa shape index (κ2) is 9.58. The van der Waals surface area contributed by atoms with Gasteiger partial charge in [-0.2, -0.15) is 13.2 Å². The van der Waals surface area contributed by atoms with Gasteiger partial charge in [0.1, 0.15) is 0 Å². The van der Waals surface area contributed by atoms with Gasteiger partial charge in [0, 0.05) is 20.1 Å². The predicted molar refractivity (Wildman–Crippen MR) is 81.2 cm³/mol. The molecule has 0 spiro atoms. The highest BCUT2D eigenvalue weighted by Crippen LogP contribution is 2.15. The van der Waals surface area contributed by atoms with Crippen LogP contribution in [0.25, 0.3) is 0 Å². The van der Waals surface area contributed by atoms with Crippen LogP contribution in [0.3, 0.4) is 0 Å². The number of carbonyl (C=O) groups is 3. The number of carbonyl (C=O) groups excluding carboxylic acids is 3. The van der Waals surface area contributed by atoms with Crippen LogP contribution in [0, 0.1) is 11.8 Å². The minimum atomic E-state index is -5.26. The van der Waals surface area contributed by atoms with Crippen molar-refractivity contribution in [2.45, 2.75) is 33.9 Å². The Balaban J connectivity index is 4.98. The number of hydrazine groups is 2. The van der Waals surface area contributed by atoms with Gasteiger partial charge in [-0.25, -0.2) is 10.4 Å². The molecule has 10 heteroatoms. The average molecular weight is 354 g/mol. The maximum absolute atomic E-state index is 12.3. The molecule has 0 saturated carbocycles. The highest BCUT2D eigenvalue weighted by Gasteiger charge is 2.44. The summed E-state index contributed by atoms with van der Waals surface area (Å²) < 4.78 is 36.9. The zero-order valence-electron chi connectivity index (χ0n) is 14.5. The van der Waals surface area contributed by atoms with E-state index in [4.69, 9.17) is 0 Å². The number of nitrogens with one attached hydrogen (secondary N) is 2. The summed E-state index contributed by atoms with van der Waals surface area (Å²) in [5, 5.41) is 2.32. The van der Waals surface area contributed by atoms with E-state index in [2.05, 4.69) is 5.43 Å². The first-order valence-corrected chi connectivity index (χ1v) is 7.53. The van der Waals surface area contributed by atoms with E-state index >= 15 is 0 Å². The van der Waals surface area contributed by atoms with Crippen LogP contribution >= 0.6 is 0 Å². The SMILES string of the molecule is CNN(CC(C)C)C(=O)CN(CC(C)C)NC(=O)C(=O)C(F)(F)F. The monoisotopic (exact) mass is 354 g/mol. The number of alkyl halides is 3. The van der Waals surface area contributed by atoms with Crippen LogP contribution in [-0.4, -0.2) is 60.5 Å². The van der Waals surface area contributed by atoms with Gasteiger partial charge in [-0.1, -0.05) is 27.7 Å². The Hall–Kier alpha value is -1.68. The Morgan fingerprint density at radius 1 is 1.00 bits per heavy atom. The van der Waals surface area contributed by atoms with Crippen molar-refractivity contribution in [2.75, 3.05) is 26.7 Å². The van der Waals surface area contributed by atoms with Gasteiger partial charge in [0.25, 0.3) is 5.91 Å². The third-order valence-electron chi connectivity index (χ3n) is 2.75. The predicted octanol–water partition coefficient (Wildman–Crippen LogP) is 0.726. The van der Waals surface area contributed by atoms with Gasteiger partial charge >= 0.3 is 17.9 Å². The summed E-state index contributed by atoms with van der Waals surface area (Å²) in [5.74, 6) is -4.63. The molecule has 0 unspecified atom stereocenters. The minimum Gasteiger partial charge on any atom is -0.281 e. The van der Waals surface area contributed by atoms with Gasteiger partial charge < -0.3 is 0 Å². The minimum absolute atomic E-state index is 0.0489. The summed E-state index contributed by atoms with van der Waals surface area (Å²) in [4.78, 5) is 34.6. The van der Waals surface area contributed by atoms with Crippen molar-refractivity contribution in [1.82, 2.24) is 20.9 Å². The van der Waals surface area contributed by atoms with Gasteiger partial charge in [-0.15, -0.1) is 0 Å². The molecular weight excluding hydrogens is 329 g/mol. The molecule has 0 aliphatic heterocycles. The van der Waals surface area contributed by atoms with E-state index in [1.54, 1.807) is 20.9 Å². The molecule has 0 aliphatic rings. The van der Waals surface area contributed by atoms with Crippen molar-refractivity contribution < 1.29 is 27.6 Å². The Kier molecular flexibility index (Phi) is 8.91. The number of Topliss-reactive ketones (excluding diaryl/α,β-unsaturated/α-hetero) is 1. The number of ketones is 1. The molecule has 0 aromatic carbocycles. The summed E-state index contributed by atoms with van der Waals surface area (Å²) in [6.07, 6.45) is -5.26. The average Bonchev–Trinajstić information content (AvgIpc) is 2.41. The van der Waals surface area contributed by atoms with Gasteiger partial charge in [0.05, 0.1) is 6.54 Å². The molecule has 7 nitrogen and oxygen atoms in total. The first-order chi connectivity index (χ1) is 10.9. The van der Waals surface area contributed by atoms with Crippen molar-refractivity contribution in [1.29, 1.82) is 0 Å². The lowest BCUT2D eigenvalue weighted by Crippen LogP contribution is -2.55. The topological polar surface area (TPSA) is 81.8 Å². The summed E-state index contributed by atoms with van der Waals surface area (Å²) in [6.45, 7) is 7.46. The smallest absolute Gasteiger partial charge is 0.281 e. The first kappa shape index (κ1) is 22.3. The fraction of sp³-hybridized carbons (Fsp3) is 0.786. The molecule has 140 valence electrons. The molecule has 0 fully saturated rings. The maximum atomic E-state index is 12.3. The van der Waals surface area contributed by atoms with E-state index in [0.717, 1.165) is 5.01 Å². The van der Waals surface area contributed by atoms with E-state index in [1.807, 2.05) is 19.3 Å². The Labute approximate surface area is 139 Å². The van der Waals surface area contributed by atoms with Crippen molar-refractivity contribution >= 4 is 17.6 Å². The first-order valence-electron chi connectivity index (χ1n) is 7.53. The van der Waals surface area contributed by atoms with Crippen LogP contribution in [0.15, 0.2) is 0 Å². The number of nitrogens with zero attached hydrogens (tertiary/aromatic N) is 2. The molecule has 0 radical (unpaired) electrons. The summed E-state index contributed by atoms with van der Waals surface area (Å²) in [5.41, 5.74) is 4.56. The molecule has 0 aromatic heterocycles. The van der Waals surface area contributed by atoms with Gasteiger partial charge in [-0.3, -0.25) is 24.8 Å². The van der Waals surface area contributed by atoms with Gasteiger partial charge in [0.2, 0.25) is 0 Å². The third kappa shape index (κ3) is 8.25. The van der Waals surface area contributed by atoms with Crippen molar-refractivity contribution in [3.8, 4) is 0 Å². The molecular formula is C14H25F3N4O3. The standard InChI is InChI=1S/C14H25F3N4O3/c1-9(2)6-20(19-13(24)12(23)14(15,16)17)8-11(22)21(18-5)7-10(3)4/h9-10,18H,6-8H2,1-5H3,(H,19,24). The molecule has 0 saturated heterocycles. The van der Waals surface area contributed by atoms with E-state index in [-0.39, 0.29) is 24.9 Å². The summed E-state index contributed by atoms with van der Waals surface area (Å²) >= 11 is 0. The number of hydrogen-bond acceptors (Lipinski definition) is 5. The van der Waals surface area contributed by atoms with Crippen LogP contribution in [0.1, 0.15) is 27.7 Å². The van der Waals surface area contributed by atoms with Crippen LogP contribution in [0.2, 0.25) is 0 Å². The normalized spacial score (nSPS) is 12.0. The Morgan fingerprint density at radius 3 is 1.88 bits per heavy atom. The number of amides is 2. The highest BCUT2D eigenvalue weighted by molar-refractivity contribution is 6.38. The quantitative estimate of drug-likeness (QED) is 0.471. The zero-order valence-corrected chi connectivity index (χ0v) is 14.5. The largest absolute Gasteiger partial charge is 0.460 e. The maximum Gasteiger partial charge on any atom is 0.460 e. The van der Waals surface area contributed by atoms with Gasteiger partial charge in [-0.05, 0) is 11.8 Å². The van der Waals surface area contributed by atoms with E-state index in [1.165, 1.54) is 5.01 Å². The molecule has 0 bridgehead atoms. The van der Waals surface area contributed by atoms with Crippen molar-refractivity contribution in [3.63, 3.8) is 0 Å². The lowest BCUT2D eigenvalue weighted by atomic mass is 10.2. The van der Waals surface area contributed by atoms with Crippen LogP contribution in [0.4, 0.5) is 13.2 Å². The van der Waals surface area contributed by atoms with Crippen molar-refractivity contribution in [2.24, 2.45) is 11.8 Å². The zero-order chi connectivity index (χ0) is 19.1. The van der Waals surface area contributed by atoms with E-state index < -0.39 is 23.8 Å². The van der Waals surface area contributed by atoms with Crippen LogP contribution in [-0.2, 0) is 14.4 Å². The molecule has 0 atom stereocenters. The van der Waals surface area contributed by atoms with Gasteiger partial charge in [0.15, 0.2) is 0 Å². The van der Waals surface area contributed by atoms with Crippen LogP contribution < -0.4 is 10.9 Å². The lowest BCUT2D eigenvalue weighted by molar-refractivity contribution is -0.176. The number of halogens is 3. The Morgan fingerprint density at radius 2 is 1.50 bits per heavy atom. The molecule has 2 amide bonds. The number of rotatable bonds is 9. The second-order valence-electron chi connectivity index (χ2n) is 6.16. The molecule has 0 aromatic rings. The van der Waals surface area contributed by atoms with Crippen molar-refractivity contribution in [3.05, 3.63) is 0 Å². The highest BCUT2D eigenvalue weighted by atomic mass is 19.4. The molecule has 2 N–H and O–H groups in total. The molecule has 0 aliphatic carbocycles. The summed E-state index contributed by atoms with van der Waals surface area (Å²) in [7, 11) is 1.54.